The lowest BCUT2D eigenvalue weighted by atomic mass is 10.1. The Morgan fingerprint density at radius 1 is 1.56 bits per heavy atom. The Labute approximate surface area is 108 Å². The van der Waals surface area contributed by atoms with Crippen molar-refractivity contribution in [2.24, 2.45) is 0 Å². The van der Waals surface area contributed by atoms with Crippen molar-refractivity contribution in [1.82, 2.24) is 10.2 Å². The Bertz CT molecular complexity index is 642. The van der Waals surface area contributed by atoms with Crippen LogP contribution < -0.4 is 5.32 Å². The molecule has 0 aliphatic heterocycles. The van der Waals surface area contributed by atoms with E-state index in [9.17, 15) is 4.79 Å². The summed E-state index contributed by atoms with van der Waals surface area (Å²) in [5.74, 6) is -0.125. The molecule has 6 heteroatoms. The van der Waals surface area contributed by atoms with E-state index in [1.807, 2.05) is 13.0 Å². The first kappa shape index (κ1) is 12.1. The van der Waals surface area contributed by atoms with Crippen LogP contribution in [0.25, 0.3) is 0 Å². The average molecular weight is 261 g/mol. The molecule has 1 aromatic carbocycles. The molecule has 1 heterocycles. The van der Waals surface area contributed by atoms with Gasteiger partial charge in [0.25, 0.3) is 5.91 Å². The van der Waals surface area contributed by atoms with E-state index in [-0.39, 0.29) is 17.3 Å². The average Bonchev–Trinajstić information content (AvgIpc) is 2.76. The third-order valence-corrected chi connectivity index (χ3v) is 2.68. The molecule has 1 amide bonds. The second-order valence-corrected chi connectivity index (χ2v) is 4.12. The van der Waals surface area contributed by atoms with Crippen LogP contribution in [0.3, 0.4) is 0 Å². The maximum absolute atomic E-state index is 12.0. The van der Waals surface area contributed by atoms with Gasteiger partial charge in [0.05, 0.1) is 16.8 Å². The predicted octanol–water partition coefficient (Wildman–Crippen LogP) is 2.50. The number of nitriles is 1. The third-order valence-electron chi connectivity index (χ3n) is 2.37. The largest absolute Gasteiger partial charge is 0.306 e. The summed E-state index contributed by atoms with van der Waals surface area (Å²) in [6.07, 6.45) is 1.34. The quantitative estimate of drug-likeness (QED) is 0.870. The number of hydrogen-bond acceptors (Lipinski definition) is 3. The Morgan fingerprint density at radius 3 is 3.00 bits per heavy atom. The molecule has 0 radical (unpaired) electrons. The smallest absolute Gasteiger partial charge is 0.258 e. The van der Waals surface area contributed by atoms with Crippen LogP contribution in [0, 0.1) is 18.3 Å². The minimum Gasteiger partial charge on any atom is -0.306 e. The highest BCUT2D eigenvalue weighted by Gasteiger charge is 2.13. The number of nitrogens with zero attached hydrogens (tertiary/aromatic N) is 2. The maximum atomic E-state index is 12.0. The molecule has 0 atom stereocenters. The number of rotatable bonds is 2. The van der Waals surface area contributed by atoms with Crippen LogP contribution in [0.2, 0.25) is 5.02 Å². The predicted molar refractivity (Wildman–Crippen MR) is 67.4 cm³/mol. The number of carbonyl (C=O) groups excluding carboxylic acids is 1. The summed E-state index contributed by atoms with van der Waals surface area (Å²) in [5, 5.41) is 17.9. The fraction of sp³-hybridized carbons (Fsp3) is 0.0833. The topological polar surface area (TPSA) is 81.6 Å². The molecule has 0 aliphatic carbocycles. The van der Waals surface area contributed by atoms with Crippen molar-refractivity contribution >= 4 is 23.3 Å². The zero-order valence-electron chi connectivity index (χ0n) is 9.49. The molecule has 18 heavy (non-hydrogen) atoms. The number of amides is 1. The fourth-order valence-corrected chi connectivity index (χ4v) is 1.77. The summed E-state index contributed by atoms with van der Waals surface area (Å²) in [6.45, 7) is 1.89. The number of H-pyrrole nitrogens is 1. The molecule has 0 saturated heterocycles. The van der Waals surface area contributed by atoms with Crippen LogP contribution in [0.1, 0.15) is 21.5 Å². The first-order valence-electron chi connectivity index (χ1n) is 5.13. The van der Waals surface area contributed by atoms with Gasteiger partial charge in [-0.25, -0.2) is 0 Å². The number of carbonyl (C=O) groups is 1. The zero-order valence-corrected chi connectivity index (χ0v) is 10.2. The molecular weight excluding hydrogens is 252 g/mol. The third kappa shape index (κ3) is 2.34. The standard InChI is InChI=1S/C12H9ClN4O/c1-7-2-3-9(10(13)4-7)12(18)16-11-8(5-14)6-15-17-11/h2-4,6H,1H3,(H2,15,16,17,18). The highest BCUT2D eigenvalue weighted by atomic mass is 35.5. The Hall–Kier alpha value is -2.32. The van der Waals surface area contributed by atoms with Crippen molar-refractivity contribution in [1.29, 1.82) is 5.26 Å². The van der Waals surface area contributed by atoms with Crippen LogP contribution >= 0.6 is 11.6 Å². The first-order valence-corrected chi connectivity index (χ1v) is 5.50. The second-order valence-electron chi connectivity index (χ2n) is 3.71. The number of aromatic amines is 1. The number of aryl methyl sites for hydroxylation is 1. The van der Waals surface area contributed by atoms with Gasteiger partial charge < -0.3 is 5.32 Å². The van der Waals surface area contributed by atoms with E-state index in [0.29, 0.717) is 10.6 Å². The molecule has 0 aliphatic rings. The summed E-state index contributed by atoms with van der Waals surface area (Å²) in [7, 11) is 0. The molecule has 5 nitrogen and oxygen atoms in total. The molecule has 2 rings (SSSR count). The second kappa shape index (κ2) is 4.90. The van der Waals surface area contributed by atoms with Gasteiger partial charge in [0.1, 0.15) is 17.5 Å². The molecule has 0 spiro atoms. The Balaban J connectivity index is 2.25. The van der Waals surface area contributed by atoms with Crippen molar-refractivity contribution in [2.45, 2.75) is 6.92 Å². The van der Waals surface area contributed by atoms with Crippen LogP contribution in [0.15, 0.2) is 24.4 Å². The van der Waals surface area contributed by atoms with E-state index >= 15 is 0 Å². The van der Waals surface area contributed by atoms with Crippen molar-refractivity contribution in [2.75, 3.05) is 5.32 Å². The number of aromatic nitrogens is 2. The van der Waals surface area contributed by atoms with E-state index in [1.165, 1.54) is 6.20 Å². The van der Waals surface area contributed by atoms with Crippen molar-refractivity contribution < 1.29 is 4.79 Å². The molecule has 0 fully saturated rings. The van der Waals surface area contributed by atoms with E-state index in [4.69, 9.17) is 16.9 Å². The van der Waals surface area contributed by atoms with E-state index in [1.54, 1.807) is 18.2 Å². The Morgan fingerprint density at radius 2 is 2.33 bits per heavy atom. The number of nitrogens with one attached hydrogen (secondary N) is 2. The number of anilines is 1. The first-order chi connectivity index (χ1) is 8.61. The number of benzene rings is 1. The Kier molecular flexibility index (Phi) is 3.31. The molecule has 2 aromatic rings. The number of halogens is 1. The normalized spacial score (nSPS) is 9.83. The fourth-order valence-electron chi connectivity index (χ4n) is 1.45. The summed E-state index contributed by atoms with van der Waals surface area (Å²) < 4.78 is 0. The van der Waals surface area contributed by atoms with Crippen LogP contribution in [-0.4, -0.2) is 16.1 Å². The molecule has 0 bridgehead atoms. The minimum absolute atomic E-state index is 0.263. The number of hydrogen-bond donors (Lipinski definition) is 2. The summed E-state index contributed by atoms with van der Waals surface area (Å²) in [6, 6.07) is 7.04. The monoisotopic (exact) mass is 260 g/mol. The van der Waals surface area contributed by atoms with E-state index in [0.717, 1.165) is 5.56 Å². The van der Waals surface area contributed by atoms with Gasteiger partial charge >= 0.3 is 0 Å². The molecule has 0 unspecified atom stereocenters. The van der Waals surface area contributed by atoms with Crippen LogP contribution in [0.4, 0.5) is 5.82 Å². The molecular formula is C12H9ClN4O. The van der Waals surface area contributed by atoms with Gasteiger partial charge in [0.15, 0.2) is 0 Å². The lowest BCUT2D eigenvalue weighted by Crippen LogP contribution is -2.13. The van der Waals surface area contributed by atoms with Gasteiger partial charge in [-0.15, -0.1) is 0 Å². The minimum atomic E-state index is -0.388. The highest BCUT2D eigenvalue weighted by Crippen LogP contribution is 2.19. The summed E-state index contributed by atoms with van der Waals surface area (Å²) >= 11 is 5.99. The molecule has 90 valence electrons. The highest BCUT2D eigenvalue weighted by molar-refractivity contribution is 6.34. The van der Waals surface area contributed by atoms with Gasteiger partial charge in [0.2, 0.25) is 0 Å². The van der Waals surface area contributed by atoms with Gasteiger partial charge in [-0.2, -0.15) is 10.4 Å². The molecule has 0 saturated carbocycles. The van der Waals surface area contributed by atoms with Gasteiger partial charge in [-0.1, -0.05) is 17.7 Å². The lowest BCUT2D eigenvalue weighted by Gasteiger charge is -2.05. The van der Waals surface area contributed by atoms with Crippen LogP contribution in [-0.2, 0) is 0 Å². The maximum Gasteiger partial charge on any atom is 0.258 e. The van der Waals surface area contributed by atoms with Gasteiger partial charge in [0, 0.05) is 0 Å². The van der Waals surface area contributed by atoms with Gasteiger partial charge in [-0.05, 0) is 24.6 Å². The SMILES string of the molecule is Cc1ccc(C(=O)Nc2[nH]ncc2C#N)c(Cl)c1. The zero-order chi connectivity index (χ0) is 13.1. The van der Waals surface area contributed by atoms with E-state index < -0.39 is 0 Å². The van der Waals surface area contributed by atoms with Crippen molar-refractivity contribution in [3.05, 3.63) is 46.1 Å². The molecule has 1 aromatic heterocycles. The van der Waals surface area contributed by atoms with Crippen LogP contribution in [0.5, 0.6) is 0 Å². The summed E-state index contributed by atoms with van der Waals surface area (Å²) in [4.78, 5) is 12.0. The van der Waals surface area contributed by atoms with E-state index in [2.05, 4.69) is 15.5 Å². The van der Waals surface area contributed by atoms with Gasteiger partial charge in [-0.3, -0.25) is 9.89 Å². The lowest BCUT2D eigenvalue weighted by molar-refractivity contribution is 0.102. The van der Waals surface area contributed by atoms with Crippen molar-refractivity contribution in [3.63, 3.8) is 0 Å². The van der Waals surface area contributed by atoms with Crippen molar-refractivity contribution in [3.8, 4) is 6.07 Å². The molecule has 2 N–H and O–H groups in total. The summed E-state index contributed by atoms with van der Waals surface area (Å²) in [5.41, 5.74) is 1.59.